The Labute approximate surface area is 259 Å². The summed E-state index contributed by atoms with van der Waals surface area (Å²) in [6, 6.07) is 7.80. The number of imidazole rings is 1. The summed E-state index contributed by atoms with van der Waals surface area (Å²) >= 11 is 0. The summed E-state index contributed by atoms with van der Waals surface area (Å²) in [4.78, 5) is 24.6. The third kappa shape index (κ3) is 5.09. The number of hydrogen-bond donors (Lipinski definition) is 2. The first kappa shape index (κ1) is 30.3. The predicted molar refractivity (Wildman–Crippen MR) is 170 cm³/mol. The molecule has 2 N–H and O–H groups in total. The molecule has 0 radical (unpaired) electrons. The van der Waals surface area contributed by atoms with Gasteiger partial charge in [-0.2, -0.15) is 0 Å². The van der Waals surface area contributed by atoms with Gasteiger partial charge in [-0.1, -0.05) is 38.1 Å². The molecule has 1 aromatic heterocycles. The van der Waals surface area contributed by atoms with Crippen molar-refractivity contribution in [3.8, 4) is 0 Å². The van der Waals surface area contributed by atoms with Crippen molar-refractivity contribution in [3.05, 3.63) is 71.8 Å². The topological polar surface area (TPSA) is 109 Å². The lowest BCUT2D eigenvalue weighted by Gasteiger charge is -2.61. The number of aliphatic hydroxyl groups is 2. The number of esters is 1. The Bertz CT molecular complexity index is 1540. The highest BCUT2D eigenvalue weighted by molar-refractivity contribution is 6.17. The molecule has 0 saturated heterocycles. The molecule has 9 nitrogen and oxygen atoms in total. The van der Waals surface area contributed by atoms with Crippen molar-refractivity contribution in [2.75, 3.05) is 38.8 Å². The van der Waals surface area contributed by atoms with Gasteiger partial charge in [0, 0.05) is 55.8 Å². The van der Waals surface area contributed by atoms with Gasteiger partial charge in [0.25, 0.3) is 0 Å². The van der Waals surface area contributed by atoms with Gasteiger partial charge in [-0.05, 0) is 72.8 Å². The van der Waals surface area contributed by atoms with Crippen LogP contribution in [0.25, 0.3) is 5.57 Å². The van der Waals surface area contributed by atoms with Crippen LogP contribution in [0.3, 0.4) is 0 Å². The Hall–Kier alpha value is -3.69. The monoisotopic (exact) mass is 600 g/mol. The zero-order valence-corrected chi connectivity index (χ0v) is 26.4. The molecule has 2 saturated carbocycles. The number of carbonyl (C=O) groups is 1. The van der Waals surface area contributed by atoms with Gasteiger partial charge < -0.3 is 29.2 Å². The molecular formula is C35H44N4O5. The third-order valence-electron chi connectivity index (χ3n) is 10.6. The first-order chi connectivity index (χ1) is 21.1. The van der Waals surface area contributed by atoms with Crippen LogP contribution in [0, 0.1) is 28.6 Å². The first-order valence-corrected chi connectivity index (χ1v) is 15.7. The molecule has 2 aromatic rings. The van der Waals surface area contributed by atoms with E-state index in [0.717, 1.165) is 47.9 Å². The normalized spacial score (nSPS) is 32.2. The quantitative estimate of drug-likeness (QED) is 0.343. The molecule has 2 fully saturated rings. The Kier molecular flexibility index (Phi) is 8.05. The van der Waals surface area contributed by atoms with Gasteiger partial charge in [0.2, 0.25) is 5.95 Å². The number of rotatable bonds is 7. The minimum absolute atomic E-state index is 0.0553. The van der Waals surface area contributed by atoms with Crippen LogP contribution < -0.4 is 4.90 Å². The van der Waals surface area contributed by atoms with Crippen LogP contribution in [-0.2, 0) is 20.8 Å². The van der Waals surface area contributed by atoms with Gasteiger partial charge in [0.05, 0.1) is 19.3 Å². The molecule has 4 aliphatic rings. The smallest absolute Gasteiger partial charge is 0.342 e. The SMILES string of the molecule is CCOC(=O)/C(=C1C=C(/C=C/C2C3Cn4ccnc4N=C3CC3[C@]2(C)CC[C@@H](O)[C@@]3(C)CO)CO/1)c1ccc(N(C)C)cc1. The number of aromatic nitrogens is 2. The van der Waals surface area contributed by atoms with Crippen LogP contribution in [0.1, 0.15) is 45.6 Å². The number of ether oxygens (including phenoxy) is 2. The van der Waals surface area contributed by atoms with Crippen molar-refractivity contribution in [2.24, 2.45) is 33.6 Å². The van der Waals surface area contributed by atoms with Crippen LogP contribution in [0.4, 0.5) is 11.6 Å². The first-order valence-electron chi connectivity index (χ1n) is 15.7. The maximum Gasteiger partial charge on any atom is 0.342 e. The van der Waals surface area contributed by atoms with Gasteiger partial charge >= 0.3 is 5.97 Å². The average molecular weight is 601 g/mol. The highest BCUT2D eigenvalue weighted by Gasteiger charge is 2.60. The zero-order valence-electron chi connectivity index (χ0n) is 26.4. The molecule has 3 heterocycles. The molecule has 1 aromatic carbocycles. The molecular weight excluding hydrogens is 556 g/mol. The van der Waals surface area contributed by atoms with E-state index in [1.165, 1.54) is 0 Å². The summed E-state index contributed by atoms with van der Waals surface area (Å²) < 4.78 is 13.7. The van der Waals surface area contributed by atoms with E-state index in [1.807, 2.05) is 62.5 Å². The van der Waals surface area contributed by atoms with E-state index in [1.54, 1.807) is 13.1 Å². The van der Waals surface area contributed by atoms with Gasteiger partial charge in [-0.3, -0.25) is 0 Å². The van der Waals surface area contributed by atoms with Gasteiger partial charge in [-0.25, -0.2) is 14.8 Å². The average Bonchev–Trinajstić information content (AvgIpc) is 3.67. The largest absolute Gasteiger partial charge is 0.488 e. The molecule has 9 heteroatoms. The Morgan fingerprint density at radius 1 is 1.25 bits per heavy atom. The fourth-order valence-electron chi connectivity index (χ4n) is 8.01. The summed E-state index contributed by atoms with van der Waals surface area (Å²) in [5, 5.41) is 21.7. The molecule has 2 aliphatic carbocycles. The van der Waals surface area contributed by atoms with E-state index in [0.29, 0.717) is 24.4 Å². The lowest BCUT2D eigenvalue weighted by Crippen LogP contribution is -2.60. The standard InChI is InChI=1S/C35H44N4O5/c1-6-43-32(42)31(23-8-10-24(11-9-23)38(4)5)28-17-22(20-44-28)7-12-26-25-19-39-16-15-36-33(39)37-27(25)18-29-34(26,2)14-13-30(41)35(29,3)21-40/h7-12,15-17,25-26,29-30,40-41H,6,13-14,18-21H2,1-5H3/b12-7+,31-28-/t25?,26?,29?,30-,34-,35+/m1/s1. The summed E-state index contributed by atoms with van der Waals surface area (Å²) in [7, 11) is 3.96. The molecule has 0 amide bonds. The van der Waals surface area contributed by atoms with E-state index in [4.69, 9.17) is 14.5 Å². The Balaban J connectivity index is 1.37. The van der Waals surface area contributed by atoms with Crippen molar-refractivity contribution in [2.45, 2.75) is 52.7 Å². The number of aliphatic hydroxyl groups excluding tert-OH is 2. The number of aliphatic imine (C=N–C) groups is 1. The molecule has 3 unspecified atom stereocenters. The van der Waals surface area contributed by atoms with Crippen LogP contribution in [0.15, 0.2) is 71.2 Å². The van der Waals surface area contributed by atoms with Crippen molar-refractivity contribution >= 4 is 28.9 Å². The summed E-state index contributed by atoms with van der Waals surface area (Å²) in [5.74, 6) is 1.16. The molecule has 44 heavy (non-hydrogen) atoms. The van der Waals surface area contributed by atoms with E-state index in [2.05, 4.69) is 28.6 Å². The van der Waals surface area contributed by atoms with Crippen LogP contribution in [0.2, 0.25) is 0 Å². The van der Waals surface area contributed by atoms with E-state index >= 15 is 0 Å². The van der Waals surface area contributed by atoms with Gasteiger partial charge in [0.15, 0.2) is 0 Å². The molecule has 6 atom stereocenters. The number of hydrogen-bond acceptors (Lipinski definition) is 8. The Morgan fingerprint density at radius 2 is 2.02 bits per heavy atom. The van der Waals surface area contributed by atoms with Crippen molar-refractivity contribution in [1.82, 2.24) is 9.55 Å². The minimum atomic E-state index is -0.623. The fourth-order valence-corrected chi connectivity index (χ4v) is 8.01. The number of allylic oxidation sites excluding steroid dienone is 2. The summed E-state index contributed by atoms with van der Waals surface area (Å²) in [5.41, 5.74) is 3.48. The summed E-state index contributed by atoms with van der Waals surface area (Å²) in [6.45, 7) is 7.49. The van der Waals surface area contributed by atoms with Crippen molar-refractivity contribution < 1.29 is 24.5 Å². The zero-order chi connectivity index (χ0) is 31.2. The molecule has 0 bridgehead atoms. The number of benzene rings is 1. The maximum atomic E-state index is 13.1. The van der Waals surface area contributed by atoms with Crippen LogP contribution >= 0.6 is 0 Å². The highest BCUT2D eigenvalue weighted by atomic mass is 16.5. The van der Waals surface area contributed by atoms with Gasteiger partial charge in [0.1, 0.15) is 17.9 Å². The predicted octanol–water partition coefficient (Wildman–Crippen LogP) is 4.93. The van der Waals surface area contributed by atoms with E-state index < -0.39 is 17.5 Å². The summed E-state index contributed by atoms with van der Waals surface area (Å²) in [6.07, 6.45) is 11.8. The molecule has 0 spiro atoms. The second-order valence-electron chi connectivity index (χ2n) is 13.4. The van der Waals surface area contributed by atoms with Crippen LogP contribution in [0.5, 0.6) is 0 Å². The number of fused-ring (bicyclic) bond motifs is 3. The van der Waals surface area contributed by atoms with Gasteiger partial charge in [-0.15, -0.1) is 0 Å². The lowest BCUT2D eigenvalue weighted by molar-refractivity contribution is -0.147. The third-order valence-corrected chi connectivity index (χ3v) is 10.6. The van der Waals surface area contributed by atoms with E-state index in [-0.39, 0.29) is 36.4 Å². The molecule has 6 rings (SSSR count). The number of anilines is 1. The van der Waals surface area contributed by atoms with Crippen molar-refractivity contribution in [1.29, 1.82) is 0 Å². The van der Waals surface area contributed by atoms with Crippen molar-refractivity contribution in [3.63, 3.8) is 0 Å². The van der Waals surface area contributed by atoms with E-state index in [9.17, 15) is 15.0 Å². The molecule has 234 valence electrons. The molecule has 2 aliphatic heterocycles. The van der Waals surface area contributed by atoms with Crippen LogP contribution in [-0.4, -0.2) is 71.5 Å². The lowest BCUT2D eigenvalue weighted by atomic mass is 9.45. The number of nitrogens with zero attached hydrogens (tertiary/aromatic N) is 4. The highest BCUT2D eigenvalue weighted by Crippen LogP contribution is 2.61. The second kappa shape index (κ2) is 11.7. The maximum absolute atomic E-state index is 13.1. The Morgan fingerprint density at radius 3 is 2.73 bits per heavy atom. The number of carbonyl (C=O) groups excluding carboxylic acids is 1. The minimum Gasteiger partial charge on any atom is -0.488 e. The fraction of sp³-hybridized carbons (Fsp3) is 0.514. The second-order valence-corrected chi connectivity index (χ2v) is 13.4.